The largest absolute Gasteiger partial charge is 0.481 e. The highest BCUT2D eigenvalue weighted by Crippen LogP contribution is 2.22. The molecule has 0 bridgehead atoms. The van der Waals surface area contributed by atoms with Gasteiger partial charge in [-0.3, -0.25) is 9.89 Å². The van der Waals surface area contributed by atoms with E-state index >= 15 is 0 Å². The normalized spacial score (nSPS) is 16.7. The van der Waals surface area contributed by atoms with Crippen LogP contribution in [0.15, 0.2) is 18.3 Å². The van der Waals surface area contributed by atoms with Crippen LogP contribution in [0.25, 0.3) is 0 Å². The van der Waals surface area contributed by atoms with Crippen LogP contribution in [0.2, 0.25) is 0 Å². The number of aryl methyl sites for hydroxylation is 1. The molecule has 1 aliphatic carbocycles. The van der Waals surface area contributed by atoms with Crippen LogP contribution in [0.4, 0.5) is 0 Å². The van der Waals surface area contributed by atoms with E-state index in [2.05, 4.69) is 20.5 Å². The van der Waals surface area contributed by atoms with Crippen LogP contribution < -0.4 is 14.8 Å². The Morgan fingerprint density at radius 3 is 3.00 bits per heavy atom. The molecule has 1 unspecified atom stereocenters. The van der Waals surface area contributed by atoms with E-state index in [1.807, 2.05) is 6.20 Å². The summed E-state index contributed by atoms with van der Waals surface area (Å²) in [4.78, 5) is 16.6. The van der Waals surface area contributed by atoms with Crippen molar-refractivity contribution < 1.29 is 14.3 Å². The summed E-state index contributed by atoms with van der Waals surface area (Å²) in [5, 5.41) is 10.1. The number of pyridine rings is 1. The topological polar surface area (TPSA) is 89.1 Å². The number of hydrogen-bond donors (Lipinski definition) is 2. The van der Waals surface area contributed by atoms with Crippen molar-refractivity contribution in [3.8, 4) is 11.8 Å². The van der Waals surface area contributed by atoms with Crippen molar-refractivity contribution in [2.24, 2.45) is 0 Å². The molecule has 2 aromatic rings. The molecule has 22 heavy (non-hydrogen) atoms. The molecule has 3 rings (SSSR count). The zero-order chi connectivity index (χ0) is 15.5. The first-order chi connectivity index (χ1) is 10.7. The molecule has 1 aliphatic rings. The maximum Gasteiger partial charge on any atom is 0.257 e. The number of hydrogen-bond acceptors (Lipinski definition) is 5. The van der Waals surface area contributed by atoms with E-state index in [1.54, 1.807) is 12.1 Å². The monoisotopic (exact) mass is 302 g/mol. The number of nitrogens with one attached hydrogen (secondary N) is 2. The van der Waals surface area contributed by atoms with Crippen molar-refractivity contribution in [1.29, 1.82) is 0 Å². The summed E-state index contributed by atoms with van der Waals surface area (Å²) in [6.07, 6.45) is 4.41. The lowest BCUT2D eigenvalue weighted by Gasteiger charge is -2.23. The summed E-state index contributed by atoms with van der Waals surface area (Å²) in [5.41, 5.74) is 2.73. The van der Waals surface area contributed by atoms with Crippen molar-refractivity contribution in [3.05, 3.63) is 35.2 Å². The molecule has 0 aromatic carbocycles. The summed E-state index contributed by atoms with van der Waals surface area (Å²) in [6.45, 7) is 0. The molecule has 1 atom stereocenters. The fourth-order valence-electron chi connectivity index (χ4n) is 2.66. The van der Waals surface area contributed by atoms with Crippen molar-refractivity contribution in [2.45, 2.75) is 25.3 Å². The van der Waals surface area contributed by atoms with Crippen LogP contribution in [0.1, 0.15) is 28.0 Å². The second kappa shape index (κ2) is 6.05. The van der Waals surface area contributed by atoms with E-state index in [-0.39, 0.29) is 17.8 Å². The van der Waals surface area contributed by atoms with Crippen LogP contribution in [0.3, 0.4) is 0 Å². The summed E-state index contributed by atoms with van der Waals surface area (Å²) in [7, 11) is 3.00. The molecule has 0 saturated heterocycles. The third-order valence-electron chi connectivity index (χ3n) is 3.84. The highest BCUT2D eigenvalue weighted by molar-refractivity contribution is 5.96. The van der Waals surface area contributed by atoms with Gasteiger partial charge in [-0.15, -0.1) is 0 Å². The minimum absolute atomic E-state index is 0.0762. The molecular weight excluding hydrogens is 284 g/mol. The number of nitrogens with zero attached hydrogens (tertiary/aromatic N) is 2. The third kappa shape index (κ3) is 2.74. The fraction of sp³-hybridized carbons (Fsp3) is 0.400. The number of carbonyl (C=O) groups excluding carboxylic acids is 1. The van der Waals surface area contributed by atoms with E-state index in [0.717, 1.165) is 25.0 Å². The molecular formula is C15H18N4O3. The predicted octanol–water partition coefficient (Wildman–Crippen LogP) is 1.11. The van der Waals surface area contributed by atoms with Crippen molar-refractivity contribution in [2.75, 3.05) is 14.2 Å². The first-order valence-electron chi connectivity index (χ1n) is 7.12. The van der Waals surface area contributed by atoms with Gasteiger partial charge in [0.1, 0.15) is 5.56 Å². The molecule has 2 aromatic heterocycles. The minimum Gasteiger partial charge on any atom is -0.481 e. The second-order valence-corrected chi connectivity index (χ2v) is 5.20. The van der Waals surface area contributed by atoms with Gasteiger partial charge in [0.25, 0.3) is 5.91 Å². The lowest BCUT2D eigenvalue weighted by Crippen LogP contribution is -2.39. The molecule has 7 nitrogen and oxygen atoms in total. The molecule has 7 heteroatoms. The van der Waals surface area contributed by atoms with Gasteiger partial charge in [-0.25, -0.2) is 0 Å². The Labute approximate surface area is 128 Å². The van der Waals surface area contributed by atoms with Gasteiger partial charge in [-0.05, 0) is 24.5 Å². The molecule has 2 N–H and O–H groups in total. The Hall–Kier alpha value is -2.57. The van der Waals surface area contributed by atoms with Gasteiger partial charge in [0.05, 0.1) is 20.4 Å². The van der Waals surface area contributed by atoms with E-state index in [4.69, 9.17) is 9.47 Å². The maximum atomic E-state index is 12.4. The van der Waals surface area contributed by atoms with Crippen molar-refractivity contribution in [1.82, 2.24) is 20.5 Å². The van der Waals surface area contributed by atoms with E-state index in [0.29, 0.717) is 11.4 Å². The molecule has 2 heterocycles. The Morgan fingerprint density at radius 1 is 1.36 bits per heavy atom. The number of rotatable bonds is 4. The first-order valence-corrected chi connectivity index (χ1v) is 7.12. The Balaban J connectivity index is 1.72. The Kier molecular flexibility index (Phi) is 3.95. The first kappa shape index (κ1) is 14.4. The molecule has 0 saturated carbocycles. The van der Waals surface area contributed by atoms with Gasteiger partial charge in [0.2, 0.25) is 11.8 Å². The zero-order valence-corrected chi connectivity index (χ0v) is 12.5. The summed E-state index contributed by atoms with van der Waals surface area (Å²) in [6, 6.07) is 3.38. The van der Waals surface area contributed by atoms with E-state index in [1.165, 1.54) is 19.8 Å². The number of methoxy groups -OCH3 is 2. The highest BCUT2D eigenvalue weighted by atomic mass is 16.5. The Morgan fingerprint density at radius 2 is 2.23 bits per heavy atom. The average Bonchev–Trinajstić information content (AvgIpc) is 3.01. The number of amides is 1. The lowest BCUT2D eigenvalue weighted by atomic mass is 9.93. The maximum absolute atomic E-state index is 12.4. The fourth-order valence-corrected chi connectivity index (χ4v) is 2.66. The van der Waals surface area contributed by atoms with Gasteiger partial charge >= 0.3 is 0 Å². The average molecular weight is 302 g/mol. The highest BCUT2D eigenvalue weighted by Gasteiger charge is 2.23. The number of ether oxygens (including phenoxy) is 2. The quantitative estimate of drug-likeness (QED) is 0.883. The van der Waals surface area contributed by atoms with Gasteiger partial charge in [0.15, 0.2) is 0 Å². The lowest BCUT2D eigenvalue weighted by molar-refractivity contribution is 0.0929. The summed E-state index contributed by atoms with van der Waals surface area (Å²) in [5.74, 6) is 0.475. The molecule has 116 valence electrons. The van der Waals surface area contributed by atoms with Gasteiger partial charge in [-0.2, -0.15) is 10.1 Å². The molecule has 0 aliphatic heterocycles. The second-order valence-electron chi connectivity index (χ2n) is 5.20. The third-order valence-corrected chi connectivity index (χ3v) is 3.84. The smallest absolute Gasteiger partial charge is 0.257 e. The Bertz CT molecular complexity index is 683. The van der Waals surface area contributed by atoms with Gasteiger partial charge in [0, 0.05) is 24.2 Å². The predicted molar refractivity (Wildman–Crippen MR) is 79.2 cm³/mol. The van der Waals surface area contributed by atoms with Gasteiger partial charge in [-0.1, -0.05) is 0 Å². The van der Waals surface area contributed by atoms with Crippen LogP contribution in [0.5, 0.6) is 11.8 Å². The van der Waals surface area contributed by atoms with Crippen LogP contribution >= 0.6 is 0 Å². The van der Waals surface area contributed by atoms with Crippen LogP contribution in [0, 0.1) is 0 Å². The molecule has 0 radical (unpaired) electrons. The molecule has 0 fully saturated rings. The van der Waals surface area contributed by atoms with Gasteiger partial charge < -0.3 is 14.8 Å². The van der Waals surface area contributed by atoms with Crippen LogP contribution in [-0.2, 0) is 12.8 Å². The zero-order valence-electron chi connectivity index (χ0n) is 12.5. The standard InChI is InChI=1S/C15H18N4O3/c1-21-13-6-5-11(15(18-13)22-2)14(20)17-10-4-3-9-8-16-19-12(9)7-10/h5-6,8,10H,3-4,7H2,1-2H3,(H,16,19)(H,17,20). The number of fused-ring (bicyclic) bond motifs is 1. The SMILES string of the molecule is COc1ccc(C(=O)NC2CCc3cn[nH]c3C2)c(OC)n1. The number of aromatic nitrogens is 3. The summed E-state index contributed by atoms with van der Waals surface area (Å²) < 4.78 is 10.2. The van der Waals surface area contributed by atoms with Crippen LogP contribution in [-0.4, -0.2) is 41.3 Å². The number of carbonyl (C=O) groups is 1. The summed E-state index contributed by atoms with van der Waals surface area (Å²) >= 11 is 0. The van der Waals surface area contributed by atoms with E-state index < -0.39 is 0 Å². The van der Waals surface area contributed by atoms with Crippen molar-refractivity contribution in [3.63, 3.8) is 0 Å². The molecule has 0 spiro atoms. The van der Waals surface area contributed by atoms with E-state index in [9.17, 15) is 4.79 Å². The molecule has 1 amide bonds. The minimum atomic E-state index is -0.194. The number of H-pyrrole nitrogens is 1. The van der Waals surface area contributed by atoms with Crippen molar-refractivity contribution >= 4 is 5.91 Å². The number of aromatic amines is 1.